The Bertz CT molecular complexity index is 396. The number of carbonyl (C=O) groups is 1. The average molecular weight is 275 g/mol. The van der Waals surface area contributed by atoms with Crippen LogP contribution in [-0.4, -0.2) is 29.8 Å². The molecule has 5 heteroatoms. The number of hydrogen-bond acceptors (Lipinski definition) is 3. The van der Waals surface area contributed by atoms with Crippen LogP contribution in [0.3, 0.4) is 0 Å². The van der Waals surface area contributed by atoms with Crippen LogP contribution < -0.4 is 0 Å². The summed E-state index contributed by atoms with van der Waals surface area (Å²) in [6.45, 7) is 0.270. The number of halogens is 2. The molecule has 1 aliphatic rings. The third-order valence-corrected chi connectivity index (χ3v) is 4.12. The number of benzene rings is 1. The molecule has 0 amide bonds. The first-order valence-electron chi connectivity index (χ1n) is 5.33. The van der Waals surface area contributed by atoms with Crippen LogP contribution in [0.2, 0.25) is 5.02 Å². The van der Waals surface area contributed by atoms with Gasteiger partial charge in [0.05, 0.1) is 5.56 Å². The average Bonchev–Trinajstić information content (AvgIpc) is 2.73. The maximum Gasteiger partial charge on any atom is 0.338 e. The van der Waals surface area contributed by atoms with Crippen molar-refractivity contribution in [2.45, 2.75) is 17.8 Å². The van der Waals surface area contributed by atoms with Gasteiger partial charge in [-0.15, -0.1) is 0 Å². The fourth-order valence-electron chi connectivity index (χ4n) is 1.62. The molecule has 0 aromatic heterocycles. The summed E-state index contributed by atoms with van der Waals surface area (Å²) >= 11 is 7.23. The second-order valence-corrected chi connectivity index (χ2v) is 5.66. The van der Waals surface area contributed by atoms with Crippen LogP contribution in [-0.2, 0) is 4.74 Å². The molecular formula is C12H12ClFO2S. The Morgan fingerprint density at radius 2 is 2.18 bits per heavy atom. The smallest absolute Gasteiger partial charge is 0.338 e. The van der Waals surface area contributed by atoms with Crippen molar-refractivity contribution in [3.8, 4) is 0 Å². The molecule has 1 fully saturated rings. The number of ether oxygens (including phenoxy) is 1. The van der Waals surface area contributed by atoms with E-state index in [1.165, 1.54) is 11.8 Å². The topological polar surface area (TPSA) is 26.3 Å². The summed E-state index contributed by atoms with van der Waals surface area (Å²) < 4.78 is 18.0. The summed E-state index contributed by atoms with van der Waals surface area (Å²) in [5.41, 5.74) is 0.467. The Morgan fingerprint density at radius 3 is 2.76 bits per heavy atom. The molecule has 2 atom stereocenters. The van der Waals surface area contributed by atoms with Crippen LogP contribution in [0.25, 0.3) is 0 Å². The second-order valence-electron chi connectivity index (χ2n) is 3.89. The lowest BCUT2D eigenvalue weighted by atomic mass is 10.2. The lowest BCUT2D eigenvalue weighted by Crippen LogP contribution is -2.15. The van der Waals surface area contributed by atoms with Crippen molar-refractivity contribution < 1.29 is 13.9 Å². The fourth-order valence-corrected chi connectivity index (χ4v) is 2.87. The minimum Gasteiger partial charge on any atom is -0.461 e. The Morgan fingerprint density at radius 1 is 1.47 bits per heavy atom. The highest BCUT2D eigenvalue weighted by atomic mass is 35.5. The van der Waals surface area contributed by atoms with Crippen LogP contribution in [0.5, 0.6) is 0 Å². The third-order valence-electron chi connectivity index (χ3n) is 2.51. The summed E-state index contributed by atoms with van der Waals surface area (Å²) in [5, 5.41) is 0.661. The molecule has 0 unspecified atom stereocenters. The molecule has 1 aromatic rings. The summed E-state index contributed by atoms with van der Waals surface area (Å²) in [6, 6.07) is 6.51. The second kappa shape index (κ2) is 5.74. The molecule has 0 bridgehead atoms. The molecule has 0 aliphatic carbocycles. The van der Waals surface area contributed by atoms with Gasteiger partial charge in [0.2, 0.25) is 0 Å². The van der Waals surface area contributed by atoms with Gasteiger partial charge in [0.15, 0.2) is 0 Å². The van der Waals surface area contributed by atoms with Gasteiger partial charge >= 0.3 is 5.97 Å². The highest BCUT2D eigenvalue weighted by Crippen LogP contribution is 2.29. The van der Waals surface area contributed by atoms with Crippen molar-refractivity contribution in [1.82, 2.24) is 0 Å². The van der Waals surface area contributed by atoms with Gasteiger partial charge in [0.1, 0.15) is 12.8 Å². The van der Waals surface area contributed by atoms with Crippen molar-refractivity contribution in [2.75, 3.05) is 12.4 Å². The largest absolute Gasteiger partial charge is 0.461 e. The molecule has 92 valence electrons. The van der Waals surface area contributed by atoms with E-state index in [1.54, 1.807) is 24.3 Å². The monoisotopic (exact) mass is 274 g/mol. The molecule has 1 heterocycles. The Labute approximate surface area is 108 Å². The molecule has 0 N–H and O–H groups in total. The molecule has 1 aromatic carbocycles. The maximum atomic E-state index is 12.9. The van der Waals surface area contributed by atoms with Gasteiger partial charge in [-0.2, -0.15) is 11.8 Å². The maximum absolute atomic E-state index is 12.9. The van der Waals surface area contributed by atoms with E-state index in [1.807, 2.05) is 0 Å². The first-order chi connectivity index (χ1) is 8.15. The number of esters is 1. The number of hydrogen-bond donors (Lipinski definition) is 0. The van der Waals surface area contributed by atoms with E-state index in [2.05, 4.69) is 0 Å². The summed E-state index contributed by atoms with van der Waals surface area (Å²) in [5.74, 6) is 0.118. The Kier molecular flexibility index (Phi) is 4.29. The standard InChI is InChI=1S/C12H12ClFO2S/c13-9-3-1-8(2-4-9)12(15)16-6-11-5-10(14)7-17-11/h1-4,10-11H,5-7H2/t10-,11-/m0/s1. The number of thioether (sulfide) groups is 1. The van der Waals surface area contributed by atoms with Gasteiger partial charge < -0.3 is 4.74 Å². The van der Waals surface area contributed by atoms with Crippen LogP contribution in [0, 0.1) is 0 Å². The number of alkyl halides is 1. The normalized spacial score (nSPS) is 23.6. The number of rotatable bonds is 3. The van der Waals surface area contributed by atoms with E-state index in [-0.39, 0.29) is 17.8 Å². The summed E-state index contributed by atoms with van der Waals surface area (Å²) in [7, 11) is 0. The third kappa shape index (κ3) is 3.61. The summed E-state index contributed by atoms with van der Waals surface area (Å²) in [6.07, 6.45) is -0.294. The molecule has 17 heavy (non-hydrogen) atoms. The lowest BCUT2D eigenvalue weighted by Gasteiger charge is -2.09. The van der Waals surface area contributed by atoms with Gasteiger partial charge in [-0.05, 0) is 30.7 Å². The van der Waals surface area contributed by atoms with Crippen molar-refractivity contribution in [3.05, 3.63) is 34.9 Å². The molecule has 0 saturated carbocycles. The lowest BCUT2D eigenvalue weighted by molar-refractivity contribution is 0.0501. The zero-order chi connectivity index (χ0) is 12.3. The van der Waals surface area contributed by atoms with E-state index in [0.29, 0.717) is 22.8 Å². The Balaban J connectivity index is 1.83. The fraction of sp³-hybridized carbons (Fsp3) is 0.417. The van der Waals surface area contributed by atoms with Crippen LogP contribution in [0.15, 0.2) is 24.3 Å². The molecule has 1 aliphatic heterocycles. The van der Waals surface area contributed by atoms with Gasteiger partial charge in [-0.1, -0.05) is 11.6 Å². The molecule has 0 radical (unpaired) electrons. The van der Waals surface area contributed by atoms with Crippen molar-refractivity contribution >= 4 is 29.3 Å². The van der Waals surface area contributed by atoms with Gasteiger partial charge in [-0.3, -0.25) is 0 Å². The van der Waals surface area contributed by atoms with Crippen molar-refractivity contribution in [3.63, 3.8) is 0 Å². The zero-order valence-electron chi connectivity index (χ0n) is 9.07. The highest BCUT2D eigenvalue weighted by molar-refractivity contribution is 8.00. The zero-order valence-corrected chi connectivity index (χ0v) is 10.6. The van der Waals surface area contributed by atoms with E-state index >= 15 is 0 Å². The summed E-state index contributed by atoms with van der Waals surface area (Å²) in [4.78, 5) is 11.6. The highest BCUT2D eigenvalue weighted by Gasteiger charge is 2.26. The number of carbonyl (C=O) groups excluding carboxylic acids is 1. The molecule has 1 saturated heterocycles. The SMILES string of the molecule is O=C(OC[C@@H]1C[C@H](F)CS1)c1ccc(Cl)cc1. The predicted octanol–water partition coefficient (Wildman–Crippen LogP) is 3.34. The van der Waals surface area contributed by atoms with Crippen molar-refractivity contribution in [2.24, 2.45) is 0 Å². The van der Waals surface area contributed by atoms with Gasteiger partial charge in [0.25, 0.3) is 0 Å². The molecule has 0 spiro atoms. The van der Waals surface area contributed by atoms with E-state index in [4.69, 9.17) is 16.3 Å². The first kappa shape index (κ1) is 12.7. The van der Waals surface area contributed by atoms with Crippen LogP contribution in [0.4, 0.5) is 4.39 Å². The van der Waals surface area contributed by atoms with E-state index in [9.17, 15) is 9.18 Å². The minimum absolute atomic E-state index is 0.0845. The molecule has 2 nitrogen and oxygen atoms in total. The first-order valence-corrected chi connectivity index (χ1v) is 6.76. The predicted molar refractivity (Wildman–Crippen MR) is 67.5 cm³/mol. The molecular weight excluding hydrogens is 263 g/mol. The van der Waals surface area contributed by atoms with Gasteiger partial charge in [-0.25, -0.2) is 9.18 Å². The van der Waals surface area contributed by atoms with Crippen LogP contribution >= 0.6 is 23.4 Å². The van der Waals surface area contributed by atoms with Crippen molar-refractivity contribution in [1.29, 1.82) is 0 Å². The Hall–Kier alpha value is -0.740. The van der Waals surface area contributed by atoms with E-state index < -0.39 is 6.17 Å². The van der Waals surface area contributed by atoms with E-state index in [0.717, 1.165) is 0 Å². The van der Waals surface area contributed by atoms with Gasteiger partial charge in [0, 0.05) is 16.0 Å². The molecule has 2 rings (SSSR count). The quantitative estimate of drug-likeness (QED) is 0.791. The van der Waals surface area contributed by atoms with Crippen LogP contribution in [0.1, 0.15) is 16.8 Å². The minimum atomic E-state index is -0.765.